The van der Waals surface area contributed by atoms with Crippen LogP contribution in [0.2, 0.25) is 0 Å². The van der Waals surface area contributed by atoms with Crippen molar-refractivity contribution >= 4 is 5.97 Å². The van der Waals surface area contributed by atoms with Crippen LogP contribution in [0.3, 0.4) is 0 Å². The minimum Gasteiger partial charge on any atom is -0.492 e. The highest BCUT2D eigenvalue weighted by atomic mass is 19.4. The minimum absolute atomic E-state index is 0.0247. The molecule has 1 aliphatic rings. The van der Waals surface area contributed by atoms with E-state index in [-0.39, 0.29) is 12.4 Å². The quantitative estimate of drug-likeness (QED) is 0.908. The van der Waals surface area contributed by atoms with Crippen LogP contribution < -0.4 is 4.74 Å². The Morgan fingerprint density at radius 3 is 2.76 bits per heavy atom. The fourth-order valence-electron chi connectivity index (χ4n) is 2.47. The first-order chi connectivity index (χ1) is 9.89. The Labute approximate surface area is 120 Å². The number of hydrogen-bond donors (Lipinski definition) is 1. The molecule has 4 nitrogen and oxygen atoms in total. The van der Waals surface area contributed by atoms with E-state index in [1.165, 1.54) is 18.2 Å². The Morgan fingerprint density at radius 1 is 1.38 bits per heavy atom. The van der Waals surface area contributed by atoms with Gasteiger partial charge in [-0.15, -0.1) is 0 Å². The second kappa shape index (κ2) is 6.34. The lowest BCUT2D eigenvalue weighted by Gasteiger charge is -2.21. The first-order valence-electron chi connectivity index (χ1n) is 6.65. The fourth-order valence-corrected chi connectivity index (χ4v) is 2.47. The van der Waals surface area contributed by atoms with Crippen LogP contribution in [0.5, 0.6) is 5.75 Å². The summed E-state index contributed by atoms with van der Waals surface area (Å²) in [5, 5.41) is 9.02. The highest BCUT2D eigenvalue weighted by Gasteiger charge is 2.34. The molecule has 0 spiro atoms. The zero-order valence-corrected chi connectivity index (χ0v) is 11.3. The maximum absolute atomic E-state index is 12.8. The third-order valence-corrected chi connectivity index (χ3v) is 3.48. The van der Waals surface area contributed by atoms with E-state index in [0.29, 0.717) is 19.5 Å². The Balaban J connectivity index is 1.94. The van der Waals surface area contributed by atoms with Crippen molar-refractivity contribution in [2.45, 2.75) is 25.1 Å². The van der Waals surface area contributed by atoms with Crippen molar-refractivity contribution in [3.8, 4) is 5.75 Å². The summed E-state index contributed by atoms with van der Waals surface area (Å²) in [7, 11) is 0. The third kappa shape index (κ3) is 3.87. The monoisotopic (exact) mass is 303 g/mol. The summed E-state index contributed by atoms with van der Waals surface area (Å²) in [6.07, 6.45) is -3.13. The highest BCUT2D eigenvalue weighted by molar-refractivity contribution is 5.73. The molecule has 2 rings (SSSR count). The van der Waals surface area contributed by atoms with Gasteiger partial charge in [-0.1, -0.05) is 12.1 Å². The average molecular weight is 303 g/mol. The molecule has 0 bridgehead atoms. The number of benzene rings is 1. The molecule has 1 heterocycles. The van der Waals surface area contributed by atoms with Crippen LogP contribution in [0, 0.1) is 0 Å². The van der Waals surface area contributed by atoms with E-state index in [1.54, 1.807) is 4.90 Å². The molecule has 1 N–H and O–H groups in total. The van der Waals surface area contributed by atoms with Gasteiger partial charge in [-0.3, -0.25) is 9.69 Å². The van der Waals surface area contributed by atoms with E-state index in [1.807, 2.05) is 0 Å². The Bertz CT molecular complexity index is 504. The van der Waals surface area contributed by atoms with Crippen LogP contribution in [-0.4, -0.2) is 41.7 Å². The normalized spacial score (nSPS) is 19.7. The molecule has 1 saturated heterocycles. The maximum Gasteiger partial charge on any atom is 0.419 e. The maximum atomic E-state index is 12.8. The van der Waals surface area contributed by atoms with E-state index in [0.717, 1.165) is 12.5 Å². The number of halogens is 3. The number of hydrogen-bond acceptors (Lipinski definition) is 3. The average Bonchev–Trinajstić information content (AvgIpc) is 2.87. The number of alkyl halides is 3. The zero-order valence-electron chi connectivity index (χ0n) is 11.3. The lowest BCUT2D eigenvalue weighted by atomic mass is 10.2. The Kier molecular flexibility index (Phi) is 4.72. The van der Waals surface area contributed by atoms with Crippen LogP contribution in [0.1, 0.15) is 18.4 Å². The van der Waals surface area contributed by atoms with Crippen LogP contribution in [0.4, 0.5) is 13.2 Å². The van der Waals surface area contributed by atoms with Gasteiger partial charge in [-0.2, -0.15) is 13.2 Å². The smallest absolute Gasteiger partial charge is 0.419 e. The molecule has 0 radical (unpaired) electrons. The lowest BCUT2D eigenvalue weighted by molar-refractivity contribution is -0.142. The molecular formula is C14H16F3NO3. The Hall–Kier alpha value is -1.76. The van der Waals surface area contributed by atoms with Crippen molar-refractivity contribution in [3.05, 3.63) is 29.8 Å². The van der Waals surface area contributed by atoms with Gasteiger partial charge in [0.1, 0.15) is 18.4 Å². The van der Waals surface area contributed by atoms with E-state index in [4.69, 9.17) is 9.84 Å². The summed E-state index contributed by atoms with van der Waals surface area (Å²) in [6, 6.07) is 4.44. The van der Waals surface area contributed by atoms with Gasteiger partial charge in [0.2, 0.25) is 0 Å². The number of para-hydroxylation sites is 1. The molecule has 116 valence electrons. The molecular weight excluding hydrogens is 287 g/mol. The first kappa shape index (κ1) is 15.6. The number of aliphatic carboxylic acids is 1. The number of likely N-dealkylation sites (tertiary alicyclic amines) is 1. The number of nitrogens with zero attached hydrogens (tertiary/aromatic N) is 1. The van der Waals surface area contributed by atoms with Gasteiger partial charge < -0.3 is 9.84 Å². The molecule has 21 heavy (non-hydrogen) atoms. The molecule has 0 amide bonds. The number of rotatable bonds is 5. The van der Waals surface area contributed by atoms with Gasteiger partial charge in [-0.05, 0) is 31.5 Å². The molecule has 0 aromatic heterocycles. The van der Waals surface area contributed by atoms with E-state index in [2.05, 4.69) is 0 Å². The lowest BCUT2D eigenvalue weighted by Crippen LogP contribution is -2.38. The predicted octanol–water partition coefficient (Wildman–Crippen LogP) is 2.63. The molecule has 1 aromatic carbocycles. The summed E-state index contributed by atoms with van der Waals surface area (Å²) < 4.78 is 43.5. The van der Waals surface area contributed by atoms with Crippen molar-refractivity contribution in [1.82, 2.24) is 4.90 Å². The number of carboxylic acid groups (broad SMARTS) is 1. The number of carbonyl (C=O) groups is 1. The summed E-state index contributed by atoms with van der Waals surface area (Å²) >= 11 is 0. The number of carboxylic acids is 1. The van der Waals surface area contributed by atoms with Crippen molar-refractivity contribution in [2.24, 2.45) is 0 Å². The summed E-state index contributed by atoms with van der Waals surface area (Å²) in [5.41, 5.74) is -0.818. The topological polar surface area (TPSA) is 49.8 Å². The fraction of sp³-hybridized carbons (Fsp3) is 0.500. The third-order valence-electron chi connectivity index (χ3n) is 3.48. The van der Waals surface area contributed by atoms with Crippen molar-refractivity contribution in [2.75, 3.05) is 19.7 Å². The molecule has 1 fully saturated rings. The first-order valence-corrected chi connectivity index (χ1v) is 6.65. The Morgan fingerprint density at radius 2 is 2.10 bits per heavy atom. The summed E-state index contributed by atoms with van der Waals surface area (Å²) in [4.78, 5) is 12.7. The largest absolute Gasteiger partial charge is 0.492 e. The van der Waals surface area contributed by atoms with Crippen molar-refractivity contribution in [3.63, 3.8) is 0 Å². The second-order valence-electron chi connectivity index (χ2n) is 4.87. The molecule has 1 aromatic rings. The minimum atomic E-state index is -4.46. The summed E-state index contributed by atoms with van der Waals surface area (Å²) in [5.74, 6) is -1.13. The van der Waals surface area contributed by atoms with Gasteiger partial charge in [0.05, 0.1) is 5.56 Å². The van der Waals surface area contributed by atoms with Crippen molar-refractivity contribution < 1.29 is 27.8 Å². The predicted molar refractivity (Wildman–Crippen MR) is 69.2 cm³/mol. The van der Waals surface area contributed by atoms with Crippen molar-refractivity contribution in [1.29, 1.82) is 0 Å². The zero-order chi connectivity index (χ0) is 15.5. The van der Waals surface area contributed by atoms with E-state index in [9.17, 15) is 18.0 Å². The van der Waals surface area contributed by atoms with Crippen LogP contribution in [0.25, 0.3) is 0 Å². The molecule has 1 unspecified atom stereocenters. The van der Waals surface area contributed by atoms with Gasteiger partial charge in [0.15, 0.2) is 0 Å². The molecule has 1 aliphatic heterocycles. The van der Waals surface area contributed by atoms with Gasteiger partial charge in [0, 0.05) is 6.54 Å². The molecule has 1 atom stereocenters. The van der Waals surface area contributed by atoms with Gasteiger partial charge in [0.25, 0.3) is 0 Å². The van der Waals surface area contributed by atoms with Gasteiger partial charge in [-0.25, -0.2) is 0 Å². The van der Waals surface area contributed by atoms with Crippen LogP contribution >= 0.6 is 0 Å². The van der Waals surface area contributed by atoms with Gasteiger partial charge >= 0.3 is 12.1 Å². The highest BCUT2D eigenvalue weighted by Crippen LogP contribution is 2.35. The van der Waals surface area contributed by atoms with Crippen LogP contribution in [-0.2, 0) is 11.0 Å². The van der Waals surface area contributed by atoms with E-state index >= 15 is 0 Å². The molecule has 7 heteroatoms. The SMILES string of the molecule is O=C(O)C1CCCN1CCOc1ccccc1C(F)(F)F. The molecule has 0 saturated carbocycles. The van der Waals surface area contributed by atoms with E-state index < -0.39 is 23.8 Å². The van der Waals surface area contributed by atoms with Crippen LogP contribution in [0.15, 0.2) is 24.3 Å². The molecule has 0 aliphatic carbocycles. The number of ether oxygens (including phenoxy) is 1. The standard InChI is InChI=1S/C14H16F3NO3/c15-14(16,17)10-4-1-2-6-12(10)21-9-8-18-7-3-5-11(18)13(19)20/h1-2,4,6,11H,3,5,7-9H2,(H,19,20). The summed E-state index contributed by atoms with van der Waals surface area (Å²) in [6.45, 7) is 0.946. The second-order valence-corrected chi connectivity index (χ2v) is 4.87.